The molecule has 1 aromatic heterocycles. The number of aromatic nitrogens is 2. The Labute approximate surface area is 106 Å². The molecule has 1 rings (SSSR count). The van der Waals surface area contributed by atoms with Gasteiger partial charge in [-0.05, 0) is 6.92 Å². The molecule has 1 N–H and O–H groups in total. The van der Waals surface area contributed by atoms with Crippen molar-refractivity contribution in [2.75, 3.05) is 11.9 Å². The second kappa shape index (κ2) is 5.78. The molecule has 1 heterocycles. The van der Waals surface area contributed by atoms with Crippen LogP contribution < -0.4 is 10.9 Å². The lowest BCUT2D eigenvalue weighted by molar-refractivity contribution is -0.143. The molecule has 0 spiro atoms. The van der Waals surface area contributed by atoms with E-state index in [0.29, 0.717) is 0 Å². The van der Waals surface area contributed by atoms with Crippen molar-refractivity contribution in [3.8, 4) is 11.8 Å². The van der Waals surface area contributed by atoms with Gasteiger partial charge in [-0.1, -0.05) is 17.5 Å². The summed E-state index contributed by atoms with van der Waals surface area (Å²) in [5.74, 6) is 5.27. The van der Waals surface area contributed by atoms with Gasteiger partial charge in [0.1, 0.15) is 11.6 Å². The molecule has 0 fully saturated rings. The van der Waals surface area contributed by atoms with Crippen LogP contribution in [0, 0.1) is 11.8 Å². The van der Waals surface area contributed by atoms with Gasteiger partial charge in [0.25, 0.3) is 5.56 Å². The molecule has 4 nitrogen and oxygen atoms in total. The van der Waals surface area contributed by atoms with Crippen molar-refractivity contribution in [2.45, 2.75) is 19.6 Å². The molecule has 0 aliphatic rings. The van der Waals surface area contributed by atoms with Gasteiger partial charge in [0.05, 0.1) is 18.4 Å². The average molecular weight is 280 g/mol. The first kappa shape index (κ1) is 14.4. The Morgan fingerprint density at radius 3 is 2.78 bits per heavy atom. The zero-order chi connectivity index (χ0) is 13.8. The van der Waals surface area contributed by atoms with Crippen LogP contribution in [0.5, 0.6) is 0 Å². The van der Waals surface area contributed by atoms with Crippen LogP contribution in [-0.2, 0) is 6.54 Å². The first-order valence-corrected chi connectivity index (χ1v) is 5.19. The molecule has 0 saturated heterocycles. The standard InChI is InChI=1S/C10H9ClF3N3O/c1-2-3-4-15-7-5-16-17(6-10(12,13)14)9(18)8(7)11/h5,15H,4,6H2,1H3. The molecule has 0 radical (unpaired) electrons. The Morgan fingerprint density at radius 1 is 1.56 bits per heavy atom. The normalized spacial score (nSPS) is 10.7. The fraction of sp³-hybridized carbons (Fsp3) is 0.400. The second-order valence-electron chi connectivity index (χ2n) is 3.23. The number of alkyl halides is 3. The second-order valence-corrected chi connectivity index (χ2v) is 3.61. The van der Waals surface area contributed by atoms with Crippen LogP contribution in [-0.4, -0.2) is 22.5 Å². The molecule has 0 saturated carbocycles. The first-order chi connectivity index (χ1) is 8.35. The number of rotatable bonds is 3. The summed E-state index contributed by atoms with van der Waals surface area (Å²) in [6, 6.07) is 0. The number of anilines is 1. The molecule has 18 heavy (non-hydrogen) atoms. The fourth-order valence-corrected chi connectivity index (χ4v) is 1.31. The molecule has 0 unspecified atom stereocenters. The van der Waals surface area contributed by atoms with E-state index < -0.39 is 18.3 Å². The quantitative estimate of drug-likeness (QED) is 0.860. The minimum atomic E-state index is -4.53. The molecule has 1 aromatic rings. The minimum absolute atomic E-state index is 0.155. The van der Waals surface area contributed by atoms with Crippen LogP contribution in [0.4, 0.5) is 18.9 Å². The predicted octanol–water partition coefficient (Wildman–Crippen LogP) is 1.89. The number of hydrogen-bond donors (Lipinski definition) is 1. The third-order valence-corrected chi connectivity index (χ3v) is 2.22. The van der Waals surface area contributed by atoms with E-state index in [9.17, 15) is 18.0 Å². The van der Waals surface area contributed by atoms with E-state index in [0.717, 1.165) is 6.20 Å². The molecule has 0 bridgehead atoms. The third kappa shape index (κ3) is 3.96. The van der Waals surface area contributed by atoms with E-state index in [1.54, 1.807) is 6.92 Å². The molecular weight excluding hydrogens is 271 g/mol. The SMILES string of the molecule is CC#CCNc1cnn(CC(F)(F)F)c(=O)c1Cl. The van der Waals surface area contributed by atoms with Crippen LogP contribution in [0.1, 0.15) is 6.92 Å². The van der Waals surface area contributed by atoms with Crippen LogP contribution in [0.15, 0.2) is 11.0 Å². The number of nitrogens with zero attached hydrogens (tertiary/aromatic N) is 2. The maximum atomic E-state index is 12.1. The van der Waals surface area contributed by atoms with Gasteiger partial charge < -0.3 is 5.32 Å². The molecule has 0 aliphatic heterocycles. The summed E-state index contributed by atoms with van der Waals surface area (Å²) in [5, 5.41) is 5.73. The molecule has 98 valence electrons. The molecule has 0 aromatic carbocycles. The molecular formula is C10H9ClF3N3O. The molecule has 8 heteroatoms. The van der Waals surface area contributed by atoms with E-state index in [1.807, 2.05) is 0 Å². The van der Waals surface area contributed by atoms with E-state index in [4.69, 9.17) is 11.6 Å². The molecule has 0 aliphatic carbocycles. The van der Waals surface area contributed by atoms with Gasteiger partial charge in [0.2, 0.25) is 0 Å². The highest BCUT2D eigenvalue weighted by atomic mass is 35.5. The highest BCUT2D eigenvalue weighted by Crippen LogP contribution is 2.18. The fourth-order valence-electron chi connectivity index (χ4n) is 1.10. The zero-order valence-corrected chi connectivity index (χ0v) is 10.1. The Kier molecular flexibility index (Phi) is 4.62. The lowest BCUT2D eigenvalue weighted by Gasteiger charge is -2.10. The van der Waals surface area contributed by atoms with E-state index >= 15 is 0 Å². The maximum absolute atomic E-state index is 12.1. The van der Waals surface area contributed by atoms with E-state index in [2.05, 4.69) is 22.3 Å². The third-order valence-electron chi connectivity index (χ3n) is 1.86. The van der Waals surface area contributed by atoms with Crippen molar-refractivity contribution in [1.29, 1.82) is 0 Å². The van der Waals surface area contributed by atoms with E-state index in [-0.39, 0.29) is 21.9 Å². The van der Waals surface area contributed by atoms with Crippen molar-refractivity contribution >= 4 is 17.3 Å². The van der Waals surface area contributed by atoms with Gasteiger partial charge >= 0.3 is 6.18 Å². The lowest BCUT2D eigenvalue weighted by atomic mass is 10.4. The highest BCUT2D eigenvalue weighted by Gasteiger charge is 2.29. The monoisotopic (exact) mass is 279 g/mol. The van der Waals surface area contributed by atoms with Crippen LogP contribution >= 0.6 is 11.6 Å². The summed E-state index contributed by atoms with van der Waals surface area (Å²) in [6.45, 7) is 0.379. The number of hydrogen-bond acceptors (Lipinski definition) is 3. The largest absolute Gasteiger partial charge is 0.408 e. The van der Waals surface area contributed by atoms with Gasteiger partial charge in [0.15, 0.2) is 0 Å². The van der Waals surface area contributed by atoms with Crippen molar-refractivity contribution in [1.82, 2.24) is 9.78 Å². The van der Waals surface area contributed by atoms with Crippen molar-refractivity contribution in [3.63, 3.8) is 0 Å². The topological polar surface area (TPSA) is 46.9 Å². The Hall–Kier alpha value is -1.68. The molecule has 0 atom stereocenters. The summed E-state index contributed by atoms with van der Waals surface area (Å²) >= 11 is 5.65. The Bertz CT molecular complexity index is 542. The predicted molar refractivity (Wildman–Crippen MR) is 61.5 cm³/mol. The van der Waals surface area contributed by atoms with Crippen LogP contribution in [0.3, 0.4) is 0 Å². The summed E-state index contributed by atoms with van der Waals surface area (Å²) in [6.07, 6.45) is -3.46. The van der Waals surface area contributed by atoms with Gasteiger partial charge in [0, 0.05) is 0 Å². The highest BCUT2D eigenvalue weighted by molar-refractivity contribution is 6.32. The summed E-state index contributed by atoms with van der Waals surface area (Å²) in [5.41, 5.74) is -0.841. The van der Waals surface area contributed by atoms with Gasteiger partial charge in [-0.2, -0.15) is 18.3 Å². The minimum Gasteiger partial charge on any atom is -0.371 e. The van der Waals surface area contributed by atoms with Crippen molar-refractivity contribution in [2.24, 2.45) is 0 Å². The van der Waals surface area contributed by atoms with Crippen molar-refractivity contribution in [3.05, 3.63) is 21.6 Å². The Morgan fingerprint density at radius 2 is 2.22 bits per heavy atom. The number of nitrogens with one attached hydrogen (secondary N) is 1. The first-order valence-electron chi connectivity index (χ1n) is 4.81. The molecule has 0 amide bonds. The maximum Gasteiger partial charge on any atom is 0.408 e. The van der Waals surface area contributed by atoms with Gasteiger partial charge in [-0.15, -0.1) is 5.92 Å². The van der Waals surface area contributed by atoms with E-state index in [1.165, 1.54) is 0 Å². The lowest BCUT2D eigenvalue weighted by Crippen LogP contribution is -2.30. The zero-order valence-electron chi connectivity index (χ0n) is 9.31. The van der Waals surface area contributed by atoms with Crippen LogP contribution in [0.2, 0.25) is 5.02 Å². The van der Waals surface area contributed by atoms with Gasteiger partial charge in [-0.3, -0.25) is 4.79 Å². The summed E-state index contributed by atoms with van der Waals surface area (Å²) < 4.78 is 36.6. The number of halogens is 4. The summed E-state index contributed by atoms with van der Waals surface area (Å²) in [4.78, 5) is 11.5. The average Bonchev–Trinajstić information content (AvgIpc) is 2.27. The summed E-state index contributed by atoms with van der Waals surface area (Å²) in [7, 11) is 0. The van der Waals surface area contributed by atoms with Crippen molar-refractivity contribution < 1.29 is 13.2 Å². The van der Waals surface area contributed by atoms with Crippen LogP contribution in [0.25, 0.3) is 0 Å². The smallest absolute Gasteiger partial charge is 0.371 e. The Balaban J connectivity index is 2.97. The van der Waals surface area contributed by atoms with Gasteiger partial charge in [-0.25, -0.2) is 4.68 Å².